The first-order valence-electron chi connectivity index (χ1n) is 9.99. The number of sulfonamides is 1. The van der Waals surface area contributed by atoms with Gasteiger partial charge in [0.15, 0.2) is 6.61 Å². The van der Waals surface area contributed by atoms with E-state index in [1.54, 1.807) is 37.8 Å². The van der Waals surface area contributed by atoms with Gasteiger partial charge in [-0.1, -0.05) is 18.2 Å². The molecule has 1 saturated heterocycles. The lowest BCUT2D eigenvalue weighted by Gasteiger charge is -2.36. The van der Waals surface area contributed by atoms with E-state index < -0.39 is 15.6 Å². The van der Waals surface area contributed by atoms with Crippen molar-refractivity contribution in [3.8, 4) is 5.75 Å². The second-order valence-corrected chi connectivity index (χ2v) is 10.0. The monoisotopic (exact) mass is 431 g/mol. The summed E-state index contributed by atoms with van der Waals surface area (Å²) in [5.41, 5.74) is 0.599. The van der Waals surface area contributed by atoms with Gasteiger partial charge >= 0.3 is 0 Å². The van der Waals surface area contributed by atoms with Gasteiger partial charge in [0.2, 0.25) is 10.0 Å². The molecule has 1 N–H and O–H groups in total. The minimum absolute atomic E-state index is 0.0718. The number of amides is 1. The summed E-state index contributed by atoms with van der Waals surface area (Å²) in [7, 11) is -3.60. The van der Waals surface area contributed by atoms with E-state index in [2.05, 4.69) is 21.8 Å². The number of hydrogen-bond acceptors (Lipinski definition) is 5. The lowest BCUT2D eigenvalue weighted by atomic mass is 10.1. The average Bonchev–Trinajstić information content (AvgIpc) is 2.71. The van der Waals surface area contributed by atoms with Crippen LogP contribution in [0.4, 0.5) is 5.69 Å². The molecule has 0 bridgehead atoms. The molecule has 8 heteroatoms. The van der Waals surface area contributed by atoms with Crippen molar-refractivity contribution in [1.29, 1.82) is 0 Å². The fraction of sp³-hybridized carbons (Fsp3) is 0.409. The van der Waals surface area contributed by atoms with Gasteiger partial charge in [0.05, 0.1) is 4.90 Å². The summed E-state index contributed by atoms with van der Waals surface area (Å²) in [6, 6.07) is 16.2. The van der Waals surface area contributed by atoms with Gasteiger partial charge in [0.25, 0.3) is 5.91 Å². The molecule has 1 amide bonds. The second-order valence-electron chi connectivity index (χ2n) is 8.32. The largest absolute Gasteiger partial charge is 0.484 e. The number of nitrogens with zero attached hydrogens (tertiary/aromatic N) is 2. The molecule has 1 aliphatic rings. The Hall–Kier alpha value is -2.58. The zero-order chi connectivity index (χ0) is 21.8. The summed E-state index contributed by atoms with van der Waals surface area (Å²) in [5, 5.41) is 0. The molecular weight excluding hydrogens is 402 g/mol. The van der Waals surface area contributed by atoms with Crippen LogP contribution in [0.1, 0.15) is 20.8 Å². The molecule has 30 heavy (non-hydrogen) atoms. The topological polar surface area (TPSA) is 78.9 Å². The molecule has 0 spiro atoms. The summed E-state index contributed by atoms with van der Waals surface area (Å²) >= 11 is 0. The summed E-state index contributed by atoms with van der Waals surface area (Å²) in [6.07, 6.45) is 0. The second kappa shape index (κ2) is 9.06. The van der Waals surface area contributed by atoms with Crippen LogP contribution in [0.15, 0.2) is 59.5 Å². The molecule has 0 saturated carbocycles. The first-order valence-corrected chi connectivity index (χ1v) is 11.5. The van der Waals surface area contributed by atoms with Crippen molar-refractivity contribution in [2.75, 3.05) is 37.7 Å². The Morgan fingerprint density at radius 3 is 2.13 bits per heavy atom. The maximum atomic E-state index is 12.5. The number of hydrogen-bond donors (Lipinski definition) is 1. The number of piperazine rings is 1. The van der Waals surface area contributed by atoms with Gasteiger partial charge in [-0.25, -0.2) is 13.1 Å². The van der Waals surface area contributed by atoms with Gasteiger partial charge < -0.3 is 14.5 Å². The standard InChI is InChI=1S/C22H29N3O4S/c1-22(2,3)23-30(27,28)20-11-9-19(10-12-20)29-17-21(26)25-15-13-24(14-16-25)18-7-5-4-6-8-18/h4-12,23H,13-17H2,1-3H3. The third-order valence-electron chi connectivity index (χ3n) is 4.69. The van der Waals surface area contributed by atoms with Gasteiger partial charge in [-0.15, -0.1) is 0 Å². The van der Waals surface area contributed by atoms with E-state index in [0.717, 1.165) is 18.8 Å². The van der Waals surface area contributed by atoms with Crippen molar-refractivity contribution in [2.45, 2.75) is 31.2 Å². The molecule has 2 aromatic rings. The number of nitrogens with one attached hydrogen (secondary N) is 1. The number of carbonyl (C=O) groups is 1. The fourth-order valence-corrected chi connectivity index (χ4v) is 4.68. The maximum Gasteiger partial charge on any atom is 0.260 e. The summed E-state index contributed by atoms with van der Waals surface area (Å²) in [5.74, 6) is 0.384. The molecule has 3 rings (SSSR count). The Morgan fingerprint density at radius 1 is 0.967 bits per heavy atom. The highest BCUT2D eigenvalue weighted by molar-refractivity contribution is 7.89. The number of carbonyl (C=O) groups excluding carboxylic acids is 1. The summed E-state index contributed by atoms with van der Waals surface area (Å²) < 4.78 is 32.9. The van der Waals surface area contributed by atoms with Crippen molar-refractivity contribution >= 4 is 21.6 Å². The molecule has 0 atom stereocenters. The third-order valence-corrected chi connectivity index (χ3v) is 6.46. The minimum atomic E-state index is -3.60. The average molecular weight is 432 g/mol. The predicted molar refractivity (Wildman–Crippen MR) is 117 cm³/mol. The molecule has 1 fully saturated rings. The van der Waals surface area contributed by atoms with Crippen molar-refractivity contribution in [1.82, 2.24) is 9.62 Å². The number of anilines is 1. The van der Waals surface area contributed by atoms with Crippen molar-refractivity contribution in [2.24, 2.45) is 0 Å². The number of para-hydroxylation sites is 1. The molecule has 7 nitrogen and oxygen atoms in total. The molecular formula is C22H29N3O4S. The highest BCUT2D eigenvalue weighted by Crippen LogP contribution is 2.19. The van der Waals surface area contributed by atoms with Crippen LogP contribution < -0.4 is 14.4 Å². The van der Waals surface area contributed by atoms with Gasteiger partial charge in [-0.3, -0.25) is 4.79 Å². The molecule has 2 aromatic carbocycles. The Kier molecular flexibility index (Phi) is 6.67. The van der Waals surface area contributed by atoms with E-state index in [9.17, 15) is 13.2 Å². The van der Waals surface area contributed by atoms with Crippen molar-refractivity contribution < 1.29 is 17.9 Å². The Morgan fingerprint density at radius 2 is 1.57 bits per heavy atom. The van der Waals surface area contributed by atoms with Crippen molar-refractivity contribution in [3.05, 3.63) is 54.6 Å². The van der Waals surface area contributed by atoms with Crippen LogP contribution in [0.3, 0.4) is 0 Å². The molecule has 0 aromatic heterocycles. The zero-order valence-electron chi connectivity index (χ0n) is 17.7. The highest BCUT2D eigenvalue weighted by Gasteiger charge is 2.23. The summed E-state index contributed by atoms with van der Waals surface area (Å²) in [6.45, 7) is 8.14. The highest BCUT2D eigenvalue weighted by atomic mass is 32.2. The first-order chi connectivity index (χ1) is 14.1. The molecule has 0 aliphatic carbocycles. The molecule has 1 aliphatic heterocycles. The minimum Gasteiger partial charge on any atom is -0.484 e. The quantitative estimate of drug-likeness (QED) is 0.760. The lowest BCUT2D eigenvalue weighted by molar-refractivity contribution is -0.133. The van der Waals surface area contributed by atoms with Gasteiger partial charge in [-0.2, -0.15) is 0 Å². The van der Waals surface area contributed by atoms with Gasteiger partial charge in [-0.05, 0) is 57.2 Å². The third kappa shape index (κ3) is 5.96. The Bertz CT molecular complexity index is 946. The van der Waals surface area contributed by atoms with E-state index in [-0.39, 0.29) is 17.4 Å². The Balaban J connectivity index is 1.49. The van der Waals surface area contributed by atoms with E-state index in [1.807, 2.05) is 18.2 Å². The number of benzene rings is 2. The van der Waals surface area contributed by atoms with E-state index >= 15 is 0 Å². The lowest BCUT2D eigenvalue weighted by Crippen LogP contribution is -2.50. The molecule has 0 unspecified atom stereocenters. The van der Waals surface area contributed by atoms with Crippen LogP contribution in [0.25, 0.3) is 0 Å². The van der Waals surface area contributed by atoms with E-state index in [0.29, 0.717) is 18.8 Å². The molecule has 0 radical (unpaired) electrons. The van der Waals surface area contributed by atoms with Crippen LogP contribution in [-0.2, 0) is 14.8 Å². The molecule has 162 valence electrons. The van der Waals surface area contributed by atoms with Crippen LogP contribution >= 0.6 is 0 Å². The number of ether oxygens (including phenoxy) is 1. The fourth-order valence-electron chi connectivity index (χ4n) is 3.27. The van der Waals surface area contributed by atoms with Gasteiger partial charge in [0.1, 0.15) is 5.75 Å². The molecule has 1 heterocycles. The van der Waals surface area contributed by atoms with Crippen LogP contribution in [-0.4, -0.2) is 57.5 Å². The van der Waals surface area contributed by atoms with Crippen LogP contribution in [0.5, 0.6) is 5.75 Å². The van der Waals surface area contributed by atoms with Crippen molar-refractivity contribution in [3.63, 3.8) is 0 Å². The SMILES string of the molecule is CC(C)(C)NS(=O)(=O)c1ccc(OCC(=O)N2CCN(c3ccccc3)CC2)cc1. The smallest absolute Gasteiger partial charge is 0.260 e. The van der Waals surface area contributed by atoms with Gasteiger partial charge in [0, 0.05) is 37.4 Å². The van der Waals surface area contributed by atoms with E-state index in [1.165, 1.54) is 12.1 Å². The van der Waals surface area contributed by atoms with Crippen LogP contribution in [0, 0.1) is 0 Å². The zero-order valence-corrected chi connectivity index (χ0v) is 18.5. The maximum absolute atomic E-state index is 12.5. The number of rotatable bonds is 6. The normalized spacial score (nSPS) is 15.2. The van der Waals surface area contributed by atoms with Crippen LogP contribution in [0.2, 0.25) is 0 Å². The first kappa shape index (κ1) is 22.1. The predicted octanol–water partition coefficient (Wildman–Crippen LogP) is 2.49. The Labute approximate surface area is 178 Å². The summed E-state index contributed by atoms with van der Waals surface area (Å²) in [4.78, 5) is 16.7. The van der Waals surface area contributed by atoms with E-state index in [4.69, 9.17) is 4.74 Å².